The summed E-state index contributed by atoms with van der Waals surface area (Å²) in [6, 6.07) is 25.2. The highest BCUT2D eigenvalue weighted by Gasteiger charge is 2.31. The minimum Gasteiger partial charge on any atom is -0.465 e. The molecule has 0 saturated carbocycles. The summed E-state index contributed by atoms with van der Waals surface area (Å²) < 4.78 is 10.8. The number of nitrogens with zero attached hydrogens (tertiary/aromatic N) is 1. The van der Waals surface area contributed by atoms with Crippen molar-refractivity contribution in [2.45, 2.75) is 0 Å². The quantitative estimate of drug-likeness (QED) is 0.204. The fourth-order valence-electron chi connectivity index (χ4n) is 3.97. The molecule has 178 valence electrons. The Morgan fingerprint density at radius 1 is 0.889 bits per heavy atom. The number of rotatable bonds is 5. The van der Waals surface area contributed by atoms with Gasteiger partial charge in [0, 0.05) is 11.1 Å². The second-order valence-corrected chi connectivity index (χ2v) is 8.82. The van der Waals surface area contributed by atoms with Crippen LogP contribution < -0.4 is 4.90 Å². The van der Waals surface area contributed by atoms with Crippen molar-refractivity contribution in [2.75, 3.05) is 12.0 Å². The molecule has 0 fully saturated rings. The van der Waals surface area contributed by atoms with E-state index in [4.69, 9.17) is 32.4 Å². The molecule has 0 saturated heterocycles. The van der Waals surface area contributed by atoms with Crippen LogP contribution in [0.5, 0.6) is 0 Å². The molecule has 2 heterocycles. The maximum absolute atomic E-state index is 13.6. The minimum atomic E-state index is -0.477. The standard InChI is InChI=1S/C29H19Cl2NO4/c1-35-29(34)20-8-5-9-22(14-20)32-26(18-6-3-2-4-7-18)17-21(28(32)33)15-23-11-13-27(36-23)19-10-12-24(30)25(31)16-19/h2-17H,1H3/b21-15+. The average molecular weight is 516 g/mol. The summed E-state index contributed by atoms with van der Waals surface area (Å²) in [4.78, 5) is 27.3. The molecule has 0 atom stereocenters. The maximum atomic E-state index is 13.6. The number of ether oxygens (including phenoxy) is 1. The first-order valence-corrected chi connectivity index (χ1v) is 11.8. The Morgan fingerprint density at radius 2 is 1.69 bits per heavy atom. The van der Waals surface area contributed by atoms with Gasteiger partial charge in [0.2, 0.25) is 0 Å². The van der Waals surface area contributed by atoms with Gasteiger partial charge in [0.05, 0.1) is 34.1 Å². The van der Waals surface area contributed by atoms with Crippen molar-refractivity contribution >= 4 is 52.5 Å². The summed E-state index contributed by atoms with van der Waals surface area (Å²) in [5.41, 5.74) is 3.65. The number of amides is 1. The number of hydrogen-bond acceptors (Lipinski definition) is 4. The van der Waals surface area contributed by atoms with E-state index in [1.807, 2.05) is 48.5 Å². The third kappa shape index (κ3) is 4.59. The molecule has 0 bridgehead atoms. The number of methoxy groups -OCH3 is 1. The second-order valence-electron chi connectivity index (χ2n) is 8.01. The summed E-state index contributed by atoms with van der Waals surface area (Å²) in [5.74, 6) is 0.382. The van der Waals surface area contributed by atoms with Crippen molar-refractivity contribution in [1.29, 1.82) is 0 Å². The topological polar surface area (TPSA) is 59.8 Å². The highest BCUT2D eigenvalue weighted by Crippen LogP contribution is 2.36. The molecule has 0 radical (unpaired) electrons. The normalized spacial score (nSPS) is 14.3. The monoisotopic (exact) mass is 515 g/mol. The Balaban J connectivity index is 1.54. The minimum absolute atomic E-state index is 0.247. The molecule has 1 aliphatic heterocycles. The molecular formula is C29H19Cl2NO4. The number of hydrogen-bond donors (Lipinski definition) is 0. The van der Waals surface area contributed by atoms with Gasteiger partial charge in [0.15, 0.2) is 0 Å². The van der Waals surface area contributed by atoms with Crippen LogP contribution in [0.4, 0.5) is 5.69 Å². The number of anilines is 1. The van der Waals surface area contributed by atoms with Gasteiger partial charge >= 0.3 is 5.97 Å². The van der Waals surface area contributed by atoms with E-state index in [1.54, 1.807) is 53.4 Å². The molecule has 5 rings (SSSR count). The molecule has 0 N–H and O–H groups in total. The molecule has 4 aromatic rings. The van der Waals surface area contributed by atoms with Crippen LogP contribution in [-0.2, 0) is 9.53 Å². The Labute approximate surface area is 217 Å². The first-order chi connectivity index (χ1) is 17.4. The average Bonchev–Trinajstić information content (AvgIpc) is 3.50. The van der Waals surface area contributed by atoms with Crippen LogP contribution in [0.3, 0.4) is 0 Å². The van der Waals surface area contributed by atoms with Gasteiger partial charge in [-0.3, -0.25) is 9.69 Å². The summed E-state index contributed by atoms with van der Waals surface area (Å²) in [7, 11) is 1.32. The molecule has 0 aliphatic carbocycles. The van der Waals surface area contributed by atoms with Crippen molar-refractivity contribution in [3.63, 3.8) is 0 Å². The largest absolute Gasteiger partial charge is 0.465 e. The highest BCUT2D eigenvalue weighted by molar-refractivity contribution is 6.42. The molecule has 3 aromatic carbocycles. The first kappa shape index (κ1) is 23.7. The lowest BCUT2D eigenvalue weighted by molar-refractivity contribution is -0.113. The van der Waals surface area contributed by atoms with Crippen LogP contribution in [0.2, 0.25) is 10.0 Å². The molecule has 7 heteroatoms. The molecule has 1 aromatic heterocycles. The zero-order chi connectivity index (χ0) is 25.2. The van der Waals surface area contributed by atoms with E-state index in [1.165, 1.54) is 7.11 Å². The van der Waals surface area contributed by atoms with E-state index < -0.39 is 5.97 Å². The van der Waals surface area contributed by atoms with Gasteiger partial charge < -0.3 is 9.15 Å². The zero-order valence-corrected chi connectivity index (χ0v) is 20.6. The summed E-state index contributed by atoms with van der Waals surface area (Å²) in [6.07, 6.45) is 3.50. The van der Waals surface area contributed by atoms with Gasteiger partial charge in [-0.2, -0.15) is 0 Å². The van der Waals surface area contributed by atoms with Crippen molar-refractivity contribution in [1.82, 2.24) is 0 Å². The summed E-state index contributed by atoms with van der Waals surface area (Å²) in [5, 5.41) is 0.887. The zero-order valence-electron chi connectivity index (χ0n) is 19.1. The third-order valence-corrected chi connectivity index (χ3v) is 6.45. The predicted molar refractivity (Wildman–Crippen MR) is 142 cm³/mol. The molecule has 0 unspecified atom stereocenters. The Kier molecular flexibility index (Phi) is 6.51. The maximum Gasteiger partial charge on any atom is 0.337 e. The fraction of sp³-hybridized carbons (Fsp3) is 0.0345. The number of esters is 1. The second kappa shape index (κ2) is 9.90. The fourth-order valence-corrected chi connectivity index (χ4v) is 4.27. The van der Waals surface area contributed by atoms with E-state index in [0.29, 0.717) is 44.1 Å². The molecule has 1 amide bonds. The molecule has 5 nitrogen and oxygen atoms in total. The highest BCUT2D eigenvalue weighted by atomic mass is 35.5. The molecule has 0 spiro atoms. The van der Waals surface area contributed by atoms with Crippen LogP contribution >= 0.6 is 23.2 Å². The van der Waals surface area contributed by atoms with Gasteiger partial charge in [-0.1, -0.05) is 59.6 Å². The van der Waals surface area contributed by atoms with Crippen LogP contribution in [-0.4, -0.2) is 19.0 Å². The number of benzene rings is 3. The number of carbonyl (C=O) groups excluding carboxylic acids is 2. The molecular weight excluding hydrogens is 497 g/mol. The Morgan fingerprint density at radius 3 is 2.44 bits per heavy atom. The van der Waals surface area contributed by atoms with Gasteiger partial charge in [-0.05, 0) is 66.2 Å². The summed E-state index contributed by atoms with van der Waals surface area (Å²) in [6.45, 7) is 0. The van der Waals surface area contributed by atoms with E-state index >= 15 is 0 Å². The summed E-state index contributed by atoms with van der Waals surface area (Å²) >= 11 is 12.2. The lowest BCUT2D eigenvalue weighted by Crippen LogP contribution is -2.25. The predicted octanol–water partition coefficient (Wildman–Crippen LogP) is 7.51. The molecule has 1 aliphatic rings. The van der Waals surface area contributed by atoms with E-state index in [-0.39, 0.29) is 5.91 Å². The smallest absolute Gasteiger partial charge is 0.337 e. The van der Waals surface area contributed by atoms with Crippen LogP contribution in [0, 0.1) is 0 Å². The van der Waals surface area contributed by atoms with E-state index in [2.05, 4.69) is 0 Å². The Hall–Kier alpha value is -4.06. The third-order valence-electron chi connectivity index (χ3n) is 5.71. The lowest BCUT2D eigenvalue weighted by Gasteiger charge is -2.21. The van der Waals surface area contributed by atoms with Gasteiger partial charge in [-0.15, -0.1) is 0 Å². The van der Waals surface area contributed by atoms with Crippen LogP contribution in [0.1, 0.15) is 21.7 Å². The number of furan rings is 1. The van der Waals surface area contributed by atoms with Crippen molar-refractivity contribution in [3.05, 3.63) is 124 Å². The lowest BCUT2D eigenvalue weighted by atomic mass is 10.1. The van der Waals surface area contributed by atoms with Crippen molar-refractivity contribution in [2.24, 2.45) is 0 Å². The van der Waals surface area contributed by atoms with E-state index in [9.17, 15) is 9.59 Å². The first-order valence-electron chi connectivity index (χ1n) is 11.0. The SMILES string of the molecule is COC(=O)c1cccc(N2C(=O)/C(=C/c3ccc(-c4ccc(Cl)c(Cl)c4)o3)C=C2c2ccccc2)c1. The van der Waals surface area contributed by atoms with Crippen molar-refractivity contribution in [3.8, 4) is 11.3 Å². The number of carbonyl (C=O) groups is 2. The van der Waals surface area contributed by atoms with Crippen LogP contribution in [0.15, 0.2) is 101 Å². The van der Waals surface area contributed by atoms with Gasteiger partial charge in [-0.25, -0.2) is 4.79 Å². The molecule has 36 heavy (non-hydrogen) atoms. The van der Waals surface area contributed by atoms with Crippen molar-refractivity contribution < 1.29 is 18.7 Å². The number of halogens is 2. The van der Waals surface area contributed by atoms with E-state index in [0.717, 1.165) is 11.1 Å². The van der Waals surface area contributed by atoms with Gasteiger partial charge in [0.1, 0.15) is 11.5 Å². The van der Waals surface area contributed by atoms with Crippen LogP contribution in [0.25, 0.3) is 23.1 Å². The van der Waals surface area contributed by atoms with Gasteiger partial charge in [0.25, 0.3) is 5.91 Å². The Bertz CT molecular complexity index is 1540.